The fraction of sp³-hybridized carbons (Fsp3) is 1.00. The first-order valence-corrected chi connectivity index (χ1v) is 21.7. The van der Waals surface area contributed by atoms with Crippen molar-refractivity contribution >= 4 is 0 Å². The van der Waals surface area contributed by atoms with Gasteiger partial charge in [-0.2, -0.15) is 0 Å². The monoisotopic (exact) mass is 785 g/mol. The highest BCUT2D eigenvalue weighted by atomic mass is 15.2. The molecule has 0 atom stereocenters. The van der Waals surface area contributed by atoms with Crippen LogP contribution in [-0.4, -0.2) is 38.8 Å². The third-order valence-corrected chi connectivity index (χ3v) is 9.44. The van der Waals surface area contributed by atoms with Gasteiger partial charge in [-0.15, -0.1) is 0 Å². The molecule has 0 N–H and O–H groups in total. The molecule has 0 amide bonds. The summed E-state index contributed by atoms with van der Waals surface area (Å²) in [7, 11) is 0. The molecule has 0 aliphatic carbocycles. The molecule has 18 heteroatoms. The van der Waals surface area contributed by atoms with Crippen molar-refractivity contribution in [2.45, 2.75) is 206 Å². The second-order valence-corrected chi connectivity index (χ2v) is 14.2. The third kappa shape index (κ3) is 54.2. The third-order valence-electron chi connectivity index (χ3n) is 9.44. The fourth-order valence-corrected chi connectivity index (χ4v) is 6.26. The SMILES string of the molecule is CCCCCCCCCCC(CCCCCCCCCC)CCCN=[N+]=[N-].[N-]=[N+]=NCCCC(CCCN=[N+]=[N-])N=[N+]=[N-].[N-]=[N+]=NCCCCCCCN=[N+]=[N-]. The lowest BCUT2D eigenvalue weighted by Gasteiger charge is -2.16. The lowest BCUT2D eigenvalue weighted by atomic mass is 9.90. The van der Waals surface area contributed by atoms with E-state index in [1.54, 1.807) is 0 Å². The number of hydrogen-bond acceptors (Lipinski definition) is 6. The highest BCUT2D eigenvalue weighted by Crippen LogP contribution is 2.24. The van der Waals surface area contributed by atoms with Crippen LogP contribution in [0.2, 0.25) is 0 Å². The number of nitrogens with zero attached hydrogens (tertiary/aromatic N) is 18. The summed E-state index contributed by atoms with van der Waals surface area (Å²) in [6.07, 6.45) is 35.6. The van der Waals surface area contributed by atoms with E-state index in [0.717, 1.165) is 44.4 Å². The summed E-state index contributed by atoms with van der Waals surface area (Å²) < 4.78 is 0. The van der Waals surface area contributed by atoms with Crippen molar-refractivity contribution in [2.75, 3.05) is 32.7 Å². The Hall–Kier alpha value is -4.14. The molecule has 0 unspecified atom stereocenters. The van der Waals surface area contributed by atoms with Gasteiger partial charge in [0.05, 0.1) is 0 Å². The standard InChI is InChI=1S/C24H49N3.C7H13N9.C7H14N6/c1-3-5-7-9-11-13-15-17-20-24(22-19-23-26-27-25)21-18-16-14-12-10-8-6-4-2;8-14-11-5-1-3-7(13-16-10)4-2-6-12-15-9;8-12-10-6-4-2-1-3-5-7-11-13-9/h24H,3-23H2,1-2H3;7H,1-6H2;1-7H2. The van der Waals surface area contributed by atoms with E-state index in [2.05, 4.69) is 74.0 Å². The second kappa shape index (κ2) is 55.2. The Morgan fingerprint density at radius 3 is 0.893 bits per heavy atom. The smallest absolute Gasteiger partial charge is 0.0374 e. The largest absolute Gasteiger partial charge is 0.0940 e. The topological polar surface area (TPSA) is 293 Å². The van der Waals surface area contributed by atoms with Crippen LogP contribution in [0.5, 0.6) is 0 Å². The Kier molecular flexibility index (Phi) is 55.4. The molecule has 0 saturated carbocycles. The first-order chi connectivity index (χ1) is 27.6. The molecule has 0 spiro atoms. The first kappa shape index (κ1) is 56.2. The van der Waals surface area contributed by atoms with Gasteiger partial charge in [0.1, 0.15) is 0 Å². The van der Waals surface area contributed by atoms with Crippen LogP contribution in [-0.2, 0) is 0 Å². The molecule has 0 heterocycles. The van der Waals surface area contributed by atoms with Crippen LogP contribution in [0.3, 0.4) is 0 Å². The average molecular weight is 785 g/mol. The highest BCUT2D eigenvalue weighted by Gasteiger charge is 2.09. The zero-order chi connectivity index (χ0) is 41.7. The average Bonchev–Trinajstić information content (AvgIpc) is 3.21. The molecule has 0 radical (unpaired) electrons. The van der Waals surface area contributed by atoms with Gasteiger partial charge in [-0.25, -0.2) is 0 Å². The minimum atomic E-state index is -0.118. The van der Waals surface area contributed by atoms with E-state index in [4.69, 9.17) is 33.2 Å². The summed E-state index contributed by atoms with van der Waals surface area (Å²) in [5.41, 5.74) is 48.9. The predicted molar refractivity (Wildman–Crippen MR) is 232 cm³/mol. The molecule has 318 valence electrons. The Labute approximate surface area is 337 Å². The van der Waals surface area contributed by atoms with Crippen LogP contribution in [0.15, 0.2) is 30.7 Å². The van der Waals surface area contributed by atoms with Crippen molar-refractivity contribution in [3.05, 3.63) is 62.7 Å². The minimum Gasteiger partial charge on any atom is -0.0940 e. The van der Waals surface area contributed by atoms with Crippen LogP contribution < -0.4 is 0 Å². The number of hydrogen-bond donors (Lipinski definition) is 0. The van der Waals surface area contributed by atoms with Gasteiger partial charge in [-0.3, -0.25) is 0 Å². The minimum absolute atomic E-state index is 0.118. The molecule has 0 rings (SSSR count). The summed E-state index contributed by atoms with van der Waals surface area (Å²) in [6.45, 7) is 7.25. The van der Waals surface area contributed by atoms with Crippen molar-refractivity contribution in [3.8, 4) is 0 Å². The van der Waals surface area contributed by atoms with Gasteiger partial charge in [0.25, 0.3) is 0 Å². The summed E-state index contributed by atoms with van der Waals surface area (Å²) in [5.74, 6) is 0.860. The van der Waals surface area contributed by atoms with Crippen LogP contribution >= 0.6 is 0 Å². The van der Waals surface area contributed by atoms with E-state index in [-0.39, 0.29) is 6.04 Å². The Morgan fingerprint density at radius 2 is 0.571 bits per heavy atom. The van der Waals surface area contributed by atoms with E-state index in [1.807, 2.05) is 0 Å². The lowest BCUT2D eigenvalue weighted by molar-refractivity contribution is 0.373. The summed E-state index contributed by atoms with van der Waals surface area (Å²) >= 11 is 0. The summed E-state index contributed by atoms with van der Waals surface area (Å²) in [5, 5.41) is 21.0. The van der Waals surface area contributed by atoms with Crippen LogP contribution in [0.1, 0.15) is 200 Å². The fourth-order valence-electron chi connectivity index (χ4n) is 6.26. The maximum Gasteiger partial charge on any atom is 0.0374 e. The lowest BCUT2D eigenvalue weighted by Crippen LogP contribution is -2.04. The maximum absolute atomic E-state index is 8.45. The van der Waals surface area contributed by atoms with Crippen molar-refractivity contribution in [1.82, 2.24) is 0 Å². The number of rotatable bonds is 39. The van der Waals surface area contributed by atoms with E-state index >= 15 is 0 Å². The predicted octanol–water partition coefficient (Wildman–Crippen LogP) is 17.2. The molecule has 0 saturated heterocycles. The molecule has 0 aliphatic heterocycles. The molecule has 0 aromatic carbocycles. The van der Waals surface area contributed by atoms with Crippen molar-refractivity contribution in [3.63, 3.8) is 0 Å². The van der Waals surface area contributed by atoms with Crippen molar-refractivity contribution in [1.29, 1.82) is 0 Å². The maximum atomic E-state index is 8.45. The first-order valence-electron chi connectivity index (χ1n) is 21.7. The van der Waals surface area contributed by atoms with E-state index < -0.39 is 0 Å². The van der Waals surface area contributed by atoms with Gasteiger partial charge in [-0.05, 0) is 84.1 Å². The molecule has 0 aliphatic rings. The quantitative estimate of drug-likeness (QED) is 0.0243. The summed E-state index contributed by atoms with van der Waals surface area (Å²) in [6, 6.07) is -0.118. The molecule has 0 aromatic heterocycles. The molecule has 56 heavy (non-hydrogen) atoms. The molecule has 0 aromatic rings. The highest BCUT2D eigenvalue weighted by molar-refractivity contribution is 4.69. The Morgan fingerprint density at radius 1 is 0.304 bits per heavy atom. The van der Waals surface area contributed by atoms with Gasteiger partial charge >= 0.3 is 0 Å². The van der Waals surface area contributed by atoms with Gasteiger partial charge in [0.2, 0.25) is 0 Å². The Bertz CT molecular complexity index is 1060. The van der Waals surface area contributed by atoms with E-state index in [1.165, 1.54) is 122 Å². The molecular formula is C38H76N18. The molecule has 0 bridgehead atoms. The van der Waals surface area contributed by atoms with Gasteiger partial charge in [0, 0.05) is 68.2 Å². The van der Waals surface area contributed by atoms with Gasteiger partial charge in [-0.1, -0.05) is 186 Å². The van der Waals surface area contributed by atoms with E-state index in [9.17, 15) is 0 Å². The normalized spacial score (nSPS) is 10.3. The van der Waals surface area contributed by atoms with Gasteiger partial charge in [0.15, 0.2) is 0 Å². The van der Waals surface area contributed by atoms with Crippen molar-refractivity contribution < 1.29 is 0 Å². The summed E-state index contributed by atoms with van der Waals surface area (Å²) in [4.78, 5) is 16.2. The second-order valence-electron chi connectivity index (χ2n) is 14.2. The van der Waals surface area contributed by atoms with Crippen LogP contribution in [0.25, 0.3) is 62.7 Å². The zero-order valence-electron chi connectivity index (χ0n) is 35.2. The molecule has 18 nitrogen and oxygen atoms in total. The van der Waals surface area contributed by atoms with Crippen LogP contribution in [0.4, 0.5) is 0 Å². The van der Waals surface area contributed by atoms with Gasteiger partial charge < -0.3 is 0 Å². The van der Waals surface area contributed by atoms with Crippen LogP contribution in [0, 0.1) is 5.92 Å². The molecular weight excluding hydrogens is 709 g/mol. The number of azide groups is 6. The number of unbranched alkanes of at least 4 members (excludes halogenated alkanes) is 18. The van der Waals surface area contributed by atoms with E-state index in [0.29, 0.717) is 58.4 Å². The van der Waals surface area contributed by atoms with Crippen molar-refractivity contribution in [2.24, 2.45) is 36.6 Å². The Balaban J connectivity index is -0.000000822. The molecule has 0 fully saturated rings. The zero-order valence-corrected chi connectivity index (χ0v) is 35.2.